The molecule has 0 amide bonds. The number of aliphatic hydroxyl groups excluding tert-OH is 1. The van der Waals surface area contributed by atoms with E-state index in [2.05, 4.69) is 6.92 Å². The highest BCUT2D eigenvalue weighted by atomic mass is 16.5. The van der Waals surface area contributed by atoms with Gasteiger partial charge in [0.1, 0.15) is 5.75 Å². The maximum Gasteiger partial charge on any atom is 0.231 e. The van der Waals surface area contributed by atoms with Gasteiger partial charge in [-0.1, -0.05) is 27.7 Å². The normalized spacial score (nSPS) is 32.2. The minimum Gasteiger partial charge on any atom is -0.507 e. The Morgan fingerprint density at radius 2 is 1.81 bits per heavy atom. The maximum atomic E-state index is 13.0. The van der Waals surface area contributed by atoms with Crippen molar-refractivity contribution >= 4 is 5.78 Å². The molecule has 0 radical (unpaired) electrons. The summed E-state index contributed by atoms with van der Waals surface area (Å²) in [5, 5.41) is 32.8. The van der Waals surface area contributed by atoms with Crippen LogP contribution in [0.1, 0.15) is 74.4 Å². The van der Waals surface area contributed by atoms with Crippen molar-refractivity contribution in [2.24, 2.45) is 11.3 Å². The summed E-state index contributed by atoms with van der Waals surface area (Å²) in [5.41, 5.74) is 0.630. The van der Waals surface area contributed by atoms with Gasteiger partial charge in [-0.05, 0) is 42.1 Å². The quantitative estimate of drug-likeness (QED) is 0.686. The van der Waals surface area contributed by atoms with Crippen LogP contribution in [0.25, 0.3) is 0 Å². The van der Waals surface area contributed by atoms with Gasteiger partial charge >= 0.3 is 0 Å². The molecule has 2 saturated carbocycles. The largest absolute Gasteiger partial charge is 0.507 e. The average molecular weight is 358 g/mol. The Kier molecular flexibility index (Phi) is 3.29. The van der Waals surface area contributed by atoms with Gasteiger partial charge in [-0.25, -0.2) is 0 Å². The average Bonchev–Trinajstić information content (AvgIpc) is 3.24. The molecule has 0 spiro atoms. The Balaban J connectivity index is 2.11. The fraction of sp³-hybridized carbons (Fsp3) is 0.571. The van der Waals surface area contributed by atoms with Crippen molar-refractivity contribution in [2.75, 3.05) is 7.11 Å². The molecular formula is C21H26O5. The number of benzene rings is 1. The summed E-state index contributed by atoms with van der Waals surface area (Å²) < 4.78 is 5.43. The number of carbonyl (C=O) groups excluding carboxylic acids is 1. The summed E-state index contributed by atoms with van der Waals surface area (Å²) in [7, 11) is 1.45. The monoisotopic (exact) mass is 358 g/mol. The van der Waals surface area contributed by atoms with Crippen molar-refractivity contribution in [1.29, 1.82) is 0 Å². The van der Waals surface area contributed by atoms with E-state index in [-0.39, 0.29) is 39.9 Å². The maximum absolute atomic E-state index is 13.0. The zero-order chi connectivity index (χ0) is 19.2. The highest BCUT2D eigenvalue weighted by Crippen LogP contribution is 2.71. The fourth-order valence-electron chi connectivity index (χ4n) is 5.63. The first kappa shape index (κ1) is 17.3. The number of hydrogen-bond donors (Lipinski definition) is 3. The topological polar surface area (TPSA) is 87.0 Å². The van der Waals surface area contributed by atoms with E-state index in [9.17, 15) is 20.1 Å². The van der Waals surface area contributed by atoms with Crippen LogP contribution in [0.2, 0.25) is 0 Å². The van der Waals surface area contributed by atoms with Crippen LogP contribution in [0.3, 0.4) is 0 Å². The summed E-state index contributed by atoms with van der Waals surface area (Å²) in [4.78, 5) is 13.0. The molecule has 1 aromatic rings. The molecule has 3 aliphatic rings. The Bertz CT molecular complexity index is 881. The van der Waals surface area contributed by atoms with Gasteiger partial charge in [0, 0.05) is 16.5 Å². The predicted molar refractivity (Wildman–Crippen MR) is 97.2 cm³/mol. The number of aliphatic hydroxyl groups is 1. The molecule has 3 N–H and O–H groups in total. The molecule has 4 rings (SSSR count). The molecule has 3 unspecified atom stereocenters. The molecule has 0 saturated heterocycles. The number of phenols is 2. The lowest BCUT2D eigenvalue weighted by Gasteiger charge is -2.45. The van der Waals surface area contributed by atoms with E-state index in [0.29, 0.717) is 29.0 Å². The van der Waals surface area contributed by atoms with Crippen molar-refractivity contribution < 1.29 is 24.9 Å². The summed E-state index contributed by atoms with van der Waals surface area (Å²) in [6.07, 6.45) is 2.62. The lowest BCUT2D eigenvalue weighted by Crippen LogP contribution is -2.40. The highest BCUT2D eigenvalue weighted by Gasteiger charge is 2.64. The molecular weight excluding hydrogens is 332 g/mol. The van der Waals surface area contributed by atoms with Crippen LogP contribution in [0.15, 0.2) is 11.3 Å². The summed E-state index contributed by atoms with van der Waals surface area (Å²) in [5.74, 6) is -0.607. The van der Waals surface area contributed by atoms with Crippen LogP contribution in [0.5, 0.6) is 17.2 Å². The Labute approximate surface area is 153 Å². The zero-order valence-electron chi connectivity index (χ0n) is 15.9. The SMILES string of the molecule is COc1c(O)c2c(c(O)c1C(C)C)C(=O)C(O)=C1C2(C)CCC2CC12C. The number of methoxy groups -OCH3 is 1. The first-order valence-electron chi connectivity index (χ1n) is 9.24. The van der Waals surface area contributed by atoms with E-state index >= 15 is 0 Å². The molecule has 5 heteroatoms. The van der Waals surface area contributed by atoms with E-state index in [4.69, 9.17) is 4.74 Å². The molecule has 0 aliphatic heterocycles. The second kappa shape index (κ2) is 4.96. The van der Waals surface area contributed by atoms with Gasteiger partial charge in [-0.2, -0.15) is 0 Å². The number of carbonyl (C=O) groups is 1. The molecule has 3 aliphatic carbocycles. The molecule has 3 atom stereocenters. The Morgan fingerprint density at radius 1 is 1.15 bits per heavy atom. The molecule has 0 bridgehead atoms. The lowest BCUT2D eigenvalue weighted by atomic mass is 9.58. The van der Waals surface area contributed by atoms with Gasteiger partial charge in [0.2, 0.25) is 5.78 Å². The van der Waals surface area contributed by atoms with E-state index in [1.54, 1.807) is 0 Å². The number of phenolic OH excluding ortho intramolecular Hbond substituents is 2. The van der Waals surface area contributed by atoms with Gasteiger partial charge in [0.05, 0.1) is 12.7 Å². The van der Waals surface area contributed by atoms with Crippen LogP contribution in [0, 0.1) is 11.3 Å². The van der Waals surface area contributed by atoms with Gasteiger partial charge in [0.25, 0.3) is 0 Å². The third kappa shape index (κ3) is 1.79. The number of allylic oxidation sites excluding steroid dienone is 2. The van der Waals surface area contributed by atoms with E-state index < -0.39 is 11.2 Å². The van der Waals surface area contributed by atoms with Crippen molar-refractivity contribution in [3.8, 4) is 17.2 Å². The Hall–Kier alpha value is -2.17. The minimum absolute atomic E-state index is 0.0263. The fourth-order valence-corrected chi connectivity index (χ4v) is 5.63. The zero-order valence-corrected chi connectivity index (χ0v) is 15.9. The van der Waals surface area contributed by atoms with Crippen LogP contribution in [0.4, 0.5) is 0 Å². The Morgan fingerprint density at radius 3 is 2.38 bits per heavy atom. The lowest BCUT2D eigenvalue weighted by molar-refractivity contribution is 0.0946. The minimum atomic E-state index is -0.695. The van der Waals surface area contributed by atoms with Crippen molar-refractivity contribution in [1.82, 2.24) is 0 Å². The van der Waals surface area contributed by atoms with Crippen LogP contribution in [-0.2, 0) is 5.41 Å². The third-order valence-corrected chi connectivity index (χ3v) is 6.98. The predicted octanol–water partition coefficient (Wildman–Crippen LogP) is 4.32. The van der Waals surface area contributed by atoms with Gasteiger partial charge in [0.15, 0.2) is 17.3 Å². The second-order valence-corrected chi connectivity index (χ2v) is 8.79. The molecule has 2 fully saturated rings. The molecule has 1 aromatic carbocycles. The summed E-state index contributed by atoms with van der Waals surface area (Å²) in [6, 6.07) is 0. The van der Waals surface area contributed by atoms with Crippen LogP contribution >= 0.6 is 0 Å². The third-order valence-electron chi connectivity index (χ3n) is 6.98. The molecule has 26 heavy (non-hydrogen) atoms. The number of Topliss-reactive ketones (excluding diaryl/α,β-unsaturated/α-hetero) is 1. The van der Waals surface area contributed by atoms with Crippen molar-refractivity contribution in [3.05, 3.63) is 28.0 Å². The number of ketones is 1. The summed E-state index contributed by atoms with van der Waals surface area (Å²) in [6.45, 7) is 7.75. The smallest absolute Gasteiger partial charge is 0.231 e. The van der Waals surface area contributed by atoms with E-state index in [1.165, 1.54) is 7.11 Å². The van der Waals surface area contributed by atoms with E-state index in [0.717, 1.165) is 12.8 Å². The number of hydrogen-bond acceptors (Lipinski definition) is 5. The summed E-state index contributed by atoms with van der Waals surface area (Å²) >= 11 is 0. The molecule has 0 heterocycles. The number of aromatic hydroxyl groups is 2. The molecule has 140 valence electrons. The van der Waals surface area contributed by atoms with Crippen molar-refractivity contribution in [3.63, 3.8) is 0 Å². The van der Waals surface area contributed by atoms with Gasteiger partial charge in [-0.15, -0.1) is 0 Å². The van der Waals surface area contributed by atoms with Crippen LogP contribution in [-0.4, -0.2) is 28.2 Å². The second-order valence-electron chi connectivity index (χ2n) is 8.79. The number of rotatable bonds is 2. The van der Waals surface area contributed by atoms with Crippen molar-refractivity contribution in [2.45, 2.75) is 58.3 Å². The molecule has 5 nitrogen and oxygen atoms in total. The van der Waals surface area contributed by atoms with Crippen LogP contribution < -0.4 is 4.74 Å². The highest BCUT2D eigenvalue weighted by molar-refractivity contribution is 6.13. The first-order chi connectivity index (χ1) is 12.1. The number of fused-ring (bicyclic) bond motifs is 5. The number of ether oxygens (including phenoxy) is 1. The molecule has 0 aromatic heterocycles. The first-order valence-corrected chi connectivity index (χ1v) is 9.24. The van der Waals surface area contributed by atoms with Gasteiger partial charge < -0.3 is 20.1 Å². The van der Waals surface area contributed by atoms with E-state index in [1.807, 2.05) is 20.8 Å². The van der Waals surface area contributed by atoms with Gasteiger partial charge in [-0.3, -0.25) is 4.79 Å². The standard InChI is InChI=1S/C21H26O5/c1-9(2)11-14(22)12-13(16(24)18(11)26-5)20(3)7-6-10-8-21(10,4)19(20)17(25)15(12)23/h9-10,22,24-25H,6-8H2,1-5H3.